The first-order chi connectivity index (χ1) is 12.6. The number of aliphatic imine (C=N–C) groups is 1. The summed E-state index contributed by atoms with van der Waals surface area (Å²) < 4.78 is 13.1. The third kappa shape index (κ3) is 3.20. The molecule has 26 heavy (non-hydrogen) atoms. The summed E-state index contributed by atoms with van der Waals surface area (Å²) in [5.74, 6) is 0.276. The van der Waals surface area contributed by atoms with E-state index in [1.807, 2.05) is 12.1 Å². The molecule has 1 aromatic rings. The number of hydrogen-bond donors (Lipinski definition) is 0. The van der Waals surface area contributed by atoms with Gasteiger partial charge >= 0.3 is 0 Å². The molecule has 0 saturated heterocycles. The summed E-state index contributed by atoms with van der Waals surface area (Å²) in [7, 11) is 0. The average molecular weight is 351 g/mol. The molecule has 3 aliphatic rings. The molecule has 3 atom stereocenters. The summed E-state index contributed by atoms with van der Waals surface area (Å²) in [5, 5.41) is 0. The average Bonchev–Trinajstić information content (AvgIpc) is 2.81. The molecule has 2 nitrogen and oxygen atoms in total. The van der Waals surface area contributed by atoms with E-state index in [9.17, 15) is 9.18 Å². The van der Waals surface area contributed by atoms with Crippen LogP contribution < -0.4 is 0 Å². The third-order valence-corrected chi connectivity index (χ3v) is 6.67. The van der Waals surface area contributed by atoms with Crippen LogP contribution in [0.1, 0.15) is 51.0 Å². The van der Waals surface area contributed by atoms with Crippen molar-refractivity contribution in [1.82, 2.24) is 0 Å². The maximum Gasteiger partial charge on any atom is 0.123 e. The first kappa shape index (κ1) is 17.4. The normalized spacial score (nSPS) is 30.5. The minimum atomic E-state index is -0.188. The topological polar surface area (TPSA) is 29.4 Å². The fraction of sp³-hybridized carbons (Fsp3) is 0.478. The number of allylic oxidation sites excluding steroid dienone is 4. The van der Waals surface area contributed by atoms with Crippen molar-refractivity contribution in [3.63, 3.8) is 0 Å². The van der Waals surface area contributed by atoms with Crippen LogP contribution in [0, 0.1) is 17.2 Å². The van der Waals surface area contributed by atoms with E-state index >= 15 is 0 Å². The molecule has 1 heterocycles. The van der Waals surface area contributed by atoms with Crippen LogP contribution in [0.15, 0.2) is 52.1 Å². The Bertz CT molecular complexity index is 789. The maximum atomic E-state index is 13.1. The summed E-state index contributed by atoms with van der Waals surface area (Å²) in [6, 6.07) is 7.03. The Morgan fingerprint density at radius 1 is 1.19 bits per heavy atom. The van der Waals surface area contributed by atoms with Crippen LogP contribution in [0.2, 0.25) is 0 Å². The molecule has 0 radical (unpaired) electrons. The van der Waals surface area contributed by atoms with Gasteiger partial charge in [-0.2, -0.15) is 0 Å². The third-order valence-electron chi connectivity index (χ3n) is 6.67. The van der Waals surface area contributed by atoms with Crippen LogP contribution in [0.3, 0.4) is 0 Å². The molecular weight excluding hydrogens is 325 g/mol. The second-order valence-electron chi connectivity index (χ2n) is 8.25. The molecule has 1 fully saturated rings. The summed E-state index contributed by atoms with van der Waals surface area (Å²) in [5.41, 5.74) is 5.60. The van der Waals surface area contributed by atoms with Gasteiger partial charge in [0.1, 0.15) is 12.1 Å². The van der Waals surface area contributed by atoms with Gasteiger partial charge < -0.3 is 4.79 Å². The number of fused-ring (bicyclic) bond motifs is 1. The van der Waals surface area contributed by atoms with E-state index in [1.165, 1.54) is 28.9 Å². The number of hydrogen-bond acceptors (Lipinski definition) is 2. The Labute approximate surface area is 154 Å². The smallest absolute Gasteiger partial charge is 0.123 e. The fourth-order valence-electron chi connectivity index (χ4n) is 5.00. The highest BCUT2D eigenvalue weighted by molar-refractivity contribution is 5.82. The lowest BCUT2D eigenvalue weighted by Gasteiger charge is -2.36. The highest BCUT2D eigenvalue weighted by Gasteiger charge is 2.44. The van der Waals surface area contributed by atoms with Crippen LogP contribution in [0.5, 0.6) is 0 Å². The standard InChI is InChI=1S/C23H26FNO/c1-23-14-18-15-25-22(12-16-2-7-21(24)8-3-16)9-4-17(18)13-20(23)6-5-19(23)10-11-26/h2-3,7-8,11,13,15,19,22H,4-6,9-10,12,14H2,1H3. The molecule has 0 bridgehead atoms. The monoisotopic (exact) mass is 351 g/mol. The van der Waals surface area contributed by atoms with E-state index < -0.39 is 0 Å². The number of carbonyl (C=O) groups is 1. The van der Waals surface area contributed by atoms with Gasteiger partial charge in [-0.1, -0.05) is 30.7 Å². The van der Waals surface area contributed by atoms with Gasteiger partial charge in [0.05, 0.1) is 6.04 Å². The molecule has 0 N–H and O–H groups in total. The van der Waals surface area contributed by atoms with Gasteiger partial charge in [0, 0.05) is 12.6 Å². The van der Waals surface area contributed by atoms with Crippen molar-refractivity contribution >= 4 is 12.5 Å². The number of nitrogens with zero attached hydrogens (tertiary/aromatic N) is 1. The second kappa shape index (κ2) is 6.94. The summed E-state index contributed by atoms with van der Waals surface area (Å²) in [6.45, 7) is 2.33. The second-order valence-corrected chi connectivity index (χ2v) is 8.25. The quantitative estimate of drug-likeness (QED) is 0.683. The molecule has 3 unspecified atom stereocenters. The van der Waals surface area contributed by atoms with E-state index in [4.69, 9.17) is 4.99 Å². The van der Waals surface area contributed by atoms with Crippen LogP contribution >= 0.6 is 0 Å². The van der Waals surface area contributed by atoms with E-state index in [0.717, 1.165) is 50.4 Å². The molecule has 1 aliphatic heterocycles. The zero-order valence-electron chi connectivity index (χ0n) is 15.4. The highest BCUT2D eigenvalue weighted by atomic mass is 19.1. The Morgan fingerprint density at radius 2 is 2.00 bits per heavy atom. The summed E-state index contributed by atoms with van der Waals surface area (Å²) in [4.78, 5) is 15.9. The summed E-state index contributed by atoms with van der Waals surface area (Å²) >= 11 is 0. The summed E-state index contributed by atoms with van der Waals surface area (Å²) in [6.07, 6.45) is 12.5. The zero-order valence-corrected chi connectivity index (χ0v) is 15.4. The Balaban J connectivity index is 1.50. The minimum Gasteiger partial charge on any atom is -0.303 e. The first-order valence-electron chi connectivity index (χ1n) is 9.73. The number of aldehydes is 1. The van der Waals surface area contributed by atoms with Crippen molar-refractivity contribution in [2.75, 3.05) is 0 Å². The van der Waals surface area contributed by atoms with Crippen molar-refractivity contribution in [2.45, 2.75) is 57.9 Å². The molecule has 0 amide bonds. The van der Waals surface area contributed by atoms with Crippen LogP contribution in [0.4, 0.5) is 4.39 Å². The van der Waals surface area contributed by atoms with Crippen molar-refractivity contribution < 1.29 is 9.18 Å². The molecule has 0 spiro atoms. The van der Waals surface area contributed by atoms with Crippen molar-refractivity contribution in [3.8, 4) is 0 Å². The lowest BCUT2D eigenvalue weighted by atomic mass is 9.68. The van der Waals surface area contributed by atoms with Gasteiger partial charge in [-0.05, 0) is 78.7 Å². The van der Waals surface area contributed by atoms with Crippen molar-refractivity contribution in [3.05, 3.63) is 58.4 Å². The highest BCUT2D eigenvalue weighted by Crippen LogP contribution is 2.55. The maximum absolute atomic E-state index is 13.1. The van der Waals surface area contributed by atoms with Crippen LogP contribution in [-0.2, 0) is 11.2 Å². The predicted molar refractivity (Wildman–Crippen MR) is 103 cm³/mol. The lowest BCUT2D eigenvalue weighted by molar-refractivity contribution is -0.109. The molecule has 2 aliphatic carbocycles. The van der Waals surface area contributed by atoms with Crippen molar-refractivity contribution in [2.24, 2.45) is 16.3 Å². The van der Waals surface area contributed by atoms with Gasteiger partial charge in [-0.15, -0.1) is 0 Å². The number of carbonyl (C=O) groups excluding carboxylic acids is 1. The number of rotatable bonds is 4. The van der Waals surface area contributed by atoms with Gasteiger partial charge in [0.2, 0.25) is 0 Å². The van der Waals surface area contributed by atoms with Crippen LogP contribution in [-0.4, -0.2) is 18.5 Å². The van der Waals surface area contributed by atoms with Gasteiger partial charge in [-0.3, -0.25) is 4.99 Å². The SMILES string of the molecule is CC12CC3=C(C=C1CCC2CC=O)CCC(Cc1ccc(F)cc1)N=C3. The lowest BCUT2D eigenvalue weighted by Crippen LogP contribution is -2.27. The molecule has 0 aromatic heterocycles. The van der Waals surface area contributed by atoms with E-state index in [1.54, 1.807) is 0 Å². The van der Waals surface area contributed by atoms with Gasteiger partial charge in [0.15, 0.2) is 0 Å². The Hall–Kier alpha value is -2.03. The van der Waals surface area contributed by atoms with E-state index in [-0.39, 0.29) is 17.3 Å². The number of benzene rings is 1. The zero-order chi connectivity index (χ0) is 18.1. The van der Waals surface area contributed by atoms with Gasteiger partial charge in [-0.25, -0.2) is 4.39 Å². The predicted octanol–water partition coefficient (Wildman–Crippen LogP) is 5.23. The Kier molecular flexibility index (Phi) is 4.64. The van der Waals surface area contributed by atoms with Crippen LogP contribution in [0.25, 0.3) is 0 Å². The Morgan fingerprint density at radius 3 is 2.77 bits per heavy atom. The fourth-order valence-corrected chi connectivity index (χ4v) is 5.00. The molecule has 3 heteroatoms. The van der Waals surface area contributed by atoms with Gasteiger partial charge in [0.25, 0.3) is 0 Å². The molecule has 136 valence electrons. The van der Waals surface area contributed by atoms with E-state index in [0.29, 0.717) is 12.3 Å². The van der Waals surface area contributed by atoms with Crippen molar-refractivity contribution in [1.29, 1.82) is 0 Å². The largest absolute Gasteiger partial charge is 0.303 e. The molecule has 4 rings (SSSR count). The molecule has 1 aromatic carbocycles. The number of halogens is 1. The van der Waals surface area contributed by atoms with E-state index in [2.05, 4.69) is 19.2 Å². The minimum absolute atomic E-state index is 0.128. The molecular formula is C23H26FNO. The first-order valence-corrected chi connectivity index (χ1v) is 9.73. The molecule has 1 saturated carbocycles.